The lowest BCUT2D eigenvalue weighted by Gasteiger charge is -2.11. The number of para-hydroxylation sites is 1. The van der Waals surface area contributed by atoms with Crippen molar-refractivity contribution in [3.63, 3.8) is 0 Å². The first-order valence-corrected chi connectivity index (χ1v) is 11.7. The van der Waals surface area contributed by atoms with Crippen LogP contribution in [-0.2, 0) is 11.3 Å². The molecule has 1 aliphatic rings. The summed E-state index contributed by atoms with van der Waals surface area (Å²) >= 11 is 1.37. The largest absolute Gasteiger partial charge is 0.454 e. The number of carbonyl (C=O) groups is 1. The van der Waals surface area contributed by atoms with Crippen molar-refractivity contribution in [1.29, 1.82) is 0 Å². The summed E-state index contributed by atoms with van der Waals surface area (Å²) in [5.41, 5.74) is 10.3. The SMILES string of the molecule is CSc1nn(CC(=O)Nc2c(C)cccc2C)c(N)c1-c1nc(-c2ccc3c(c2)OCO3)no1. The maximum atomic E-state index is 12.8. The molecule has 2 aromatic heterocycles. The zero-order chi connectivity index (χ0) is 23.8. The predicted octanol–water partition coefficient (Wildman–Crippen LogP) is 3.89. The fourth-order valence-corrected chi connectivity index (χ4v) is 4.30. The molecule has 34 heavy (non-hydrogen) atoms. The van der Waals surface area contributed by atoms with Gasteiger partial charge in [0.25, 0.3) is 5.89 Å². The first-order chi connectivity index (χ1) is 16.4. The van der Waals surface area contributed by atoms with Crippen molar-refractivity contribution < 1.29 is 18.8 Å². The molecular formula is C23H22N6O4S. The smallest absolute Gasteiger partial charge is 0.264 e. The van der Waals surface area contributed by atoms with Gasteiger partial charge in [0, 0.05) is 11.3 Å². The van der Waals surface area contributed by atoms with Crippen LogP contribution in [0.4, 0.5) is 11.5 Å². The lowest BCUT2D eigenvalue weighted by molar-refractivity contribution is -0.116. The summed E-state index contributed by atoms with van der Waals surface area (Å²) in [6.07, 6.45) is 1.86. The number of anilines is 2. The molecule has 0 spiro atoms. The van der Waals surface area contributed by atoms with E-state index in [-0.39, 0.29) is 31.0 Å². The van der Waals surface area contributed by atoms with E-state index >= 15 is 0 Å². The highest BCUT2D eigenvalue weighted by molar-refractivity contribution is 7.98. The number of fused-ring (bicyclic) bond motifs is 1. The van der Waals surface area contributed by atoms with E-state index in [4.69, 9.17) is 19.7 Å². The molecule has 0 fully saturated rings. The fourth-order valence-electron chi connectivity index (χ4n) is 3.72. The molecule has 0 radical (unpaired) electrons. The number of aryl methyl sites for hydroxylation is 2. The molecule has 1 aliphatic heterocycles. The lowest BCUT2D eigenvalue weighted by Crippen LogP contribution is -2.21. The summed E-state index contributed by atoms with van der Waals surface area (Å²) in [7, 11) is 0. The molecule has 10 nitrogen and oxygen atoms in total. The summed E-state index contributed by atoms with van der Waals surface area (Å²) in [6.45, 7) is 4.01. The number of nitrogen functional groups attached to an aromatic ring is 1. The fraction of sp³-hybridized carbons (Fsp3) is 0.217. The van der Waals surface area contributed by atoms with Crippen LogP contribution in [0.2, 0.25) is 0 Å². The molecule has 0 bridgehead atoms. The van der Waals surface area contributed by atoms with Gasteiger partial charge in [-0.2, -0.15) is 10.1 Å². The predicted molar refractivity (Wildman–Crippen MR) is 128 cm³/mol. The number of ether oxygens (including phenoxy) is 2. The standard InChI is InChI=1S/C23H22N6O4S/c1-12-5-4-6-13(2)19(12)25-17(30)10-29-20(24)18(23(27-29)34-3)22-26-21(28-33-22)14-7-8-15-16(9-14)32-11-31-15/h4-9H,10-11,24H2,1-3H3,(H,25,30). The highest BCUT2D eigenvalue weighted by Gasteiger charge is 2.24. The van der Waals surface area contributed by atoms with E-state index in [9.17, 15) is 4.79 Å². The van der Waals surface area contributed by atoms with Gasteiger partial charge in [0.1, 0.15) is 23.0 Å². The van der Waals surface area contributed by atoms with Gasteiger partial charge in [-0.05, 0) is 49.4 Å². The summed E-state index contributed by atoms with van der Waals surface area (Å²) in [6, 6.07) is 11.2. The van der Waals surface area contributed by atoms with E-state index in [1.165, 1.54) is 16.4 Å². The van der Waals surface area contributed by atoms with Crippen molar-refractivity contribution in [2.75, 3.05) is 24.1 Å². The summed E-state index contributed by atoms with van der Waals surface area (Å²) < 4.78 is 17.7. The number of carbonyl (C=O) groups excluding carboxylic acids is 1. The molecule has 0 saturated carbocycles. The van der Waals surface area contributed by atoms with Crippen LogP contribution in [0.25, 0.3) is 22.8 Å². The molecule has 0 aliphatic carbocycles. The molecule has 2 aromatic carbocycles. The Morgan fingerprint density at radius 1 is 1.18 bits per heavy atom. The number of nitrogens with two attached hydrogens (primary N) is 1. The van der Waals surface area contributed by atoms with Crippen LogP contribution < -0.4 is 20.5 Å². The van der Waals surface area contributed by atoms with Crippen molar-refractivity contribution in [1.82, 2.24) is 19.9 Å². The Morgan fingerprint density at radius 3 is 2.71 bits per heavy atom. The molecule has 5 rings (SSSR count). The van der Waals surface area contributed by atoms with E-state index in [1.807, 2.05) is 44.4 Å². The number of benzene rings is 2. The number of rotatable bonds is 6. The van der Waals surface area contributed by atoms with Crippen LogP contribution in [0, 0.1) is 13.8 Å². The topological polar surface area (TPSA) is 130 Å². The number of hydrogen-bond acceptors (Lipinski definition) is 9. The first kappa shape index (κ1) is 21.8. The van der Waals surface area contributed by atoms with Gasteiger partial charge < -0.3 is 25.0 Å². The Hall–Kier alpha value is -3.99. The Morgan fingerprint density at radius 2 is 1.94 bits per heavy atom. The van der Waals surface area contributed by atoms with Crippen molar-refractivity contribution in [2.24, 2.45) is 0 Å². The molecule has 1 amide bonds. The van der Waals surface area contributed by atoms with Gasteiger partial charge in [0.2, 0.25) is 18.5 Å². The highest BCUT2D eigenvalue weighted by atomic mass is 32.2. The average Bonchev–Trinajstić information content (AvgIpc) is 3.55. The van der Waals surface area contributed by atoms with E-state index in [2.05, 4.69) is 20.6 Å². The van der Waals surface area contributed by atoms with Crippen LogP contribution in [0.3, 0.4) is 0 Å². The number of aromatic nitrogens is 4. The van der Waals surface area contributed by atoms with Crippen molar-refractivity contribution in [3.8, 4) is 34.3 Å². The van der Waals surface area contributed by atoms with Crippen LogP contribution in [0.1, 0.15) is 11.1 Å². The summed E-state index contributed by atoms with van der Waals surface area (Å²) in [4.78, 5) is 17.3. The average molecular weight is 479 g/mol. The Kier molecular flexibility index (Phi) is 5.62. The molecular weight excluding hydrogens is 456 g/mol. The van der Waals surface area contributed by atoms with Gasteiger partial charge in [-0.1, -0.05) is 23.4 Å². The van der Waals surface area contributed by atoms with Gasteiger partial charge in [0.05, 0.1) is 0 Å². The van der Waals surface area contributed by atoms with E-state index in [0.717, 1.165) is 16.8 Å². The molecule has 3 heterocycles. The van der Waals surface area contributed by atoms with Crippen molar-refractivity contribution in [3.05, 3.63) is 47.5 Å². The number of nitrogens with zero attached hydrogens (tertiary/aromatic N) is 4. The highest BCUT2D eigenvalue weighted by Crippen LogP contribution is 2.37. The third-order valence-electron chi connectivity index (χ3n) is 5.46. The number of amides is 1. The zero-order valence-electron chi connectivity index (χ0n) is 18.8. The molecule has 0 saturated heterocycles. The maximum absolute atomic E-state index is 12.8. The second-order valence-corrected chi connectivity index (χ2v) is 8.53. The Bertz CT molecular complexity index is 1380. The second-order valence-electron chi connectivity index (χ2n) is 7.73. The Balaban J connectivity index is 1.41. The van der Waals surface area contributed by atoms with Gasteiger partial charge >= 0.3 is 0 Å². The van der Waals surface area contributed by atoms with Crippen molar-refractivity contribution in [2.45, 2.75) is 25.4 Å². The number of hydrogen-bond donors (Lipinski definition) is 2. The van der Waals surface area contributed by atoms with Gasteiger partial charge in [0.15, 0.2) is 11.5 Å². The first-order valence-electron chi connectivity index (χ1n) is 10.4. The minimum atomic E-state index is -0.239. The molecule has 11 heteroatoms. The number of nitrogens with one attached hydrogen (secondary N) is 1. The molecule has 0 unspecified atom stereocenters. The third kappa shape index (κ3) is 3.94. The second kappa shape index (κ2) is 8.75. The minimum Gasteiger partial charge on any atom is -0.454 e. The van der Waals surface area contributed by atoms with Crippen LogP contribution in [0.15, 0.2) is 45.9 Å². The van der Waals surface area contributed by atoms with Crippen molar-refractivity contribution >= 4 is 29.2 Å². The monoisotopic (exact) mass is 478 g/mol. The molecule has 0 atom stereocenters. The minimum absolute atomic E-state index is 0.0592. The molecule has 174 valence electrons. The normalized spacial score (nSPS) is 12.2. The third-order valence-corrected chi connectivity index (χ3v) is 6.14. The van der Waals surface area contributed by atoms with Crippen LogP contribution >= 0.6 is 11.8 Å². The zero-order valence-corrected chi connectivity index (χ0v) is 19.6. The van der Waals surface area contributed by atoms with Gasteiger partial charge in [-0.15, -0.1) is 11.8 Å². The molecule has 4 aromatic rings. The Labute approximate surface area is 199 Å². The molecule has 3 N–H and O–H groups in total. The van der Waals surface area contributed by atoms with E-state index in [1.54, 1.807) is 12.1 Å². The van der Waals surface area contributed by atoms with Gasteiger partial charge in [-0.3, -0.25) is 4.79 Å². The lowest BCUT2D eigenvalue weighted by atomic mass is 10.1. The summed E-state index contributed by atoms with van der Waals surface area (Å²) in [5, 5.41) is 12.1. The number of thioether (sulfide) groups is 1. The van der Waals surface area contributed by atoms with E-state index in [0.29, 0.717) is 33.5 Å². The van der Waals surface area contributed by atoms with Crippen LogP contribution in [-0.4, -0.2) is 38.9 Å². The summed E-state index contributed by atoms with van der Waals surface area (Å²) in [5.74, 6) is 1.91. The van der Waals surface area contributed by atoms with Gasteiger partial charge in [-0.25, -0.2) is 4.68 Å². The van der Waals surface area contributed by atoms with Crippen LogP contribution in [0.5, 0.6) is 11.5 Å². The maximum Gasteiger partial charge on any atom is 0.264 e. The quantitative estimate of drug-likeness (QED) is 0.396. The van der Waals surface area contributed by atoms with E-state index < -0.39 is 0 Å².